The van der Waals surface area contributed by atoms with Crippen molar-refractivity contribution in [3.05, 3.63) is 59.1 Å². The largest absolute Gasteiger partial charge is 0.386 e. The average molecular weight is 566 g/mol. The number of thiophene rings is 1. The second-order valence-electron chi connectivity index (χ2n) is 7.93. The first kappa shape index (κ1) is 24.7. The van der Waals surface area contributed by atoms with Crippen LogP contribution >= 0.6 is 35.3 Å². The topological polar surface area (TPSA) is 72.8 Å². The van der Waals surface area contributed by atoms with Crippen LogP contribution in [0.4, 0.5) is 5.82 Å². The van der Waals surface area contributed by atoms with Gasteiger partial charge in [-0.1, -0.05) is 37.1 Å². The number of nitrogens with one attached hydrogen (secondary N) is 2. The number of hydrogen-bond acceptors (Lipinski definition) is 5. The second-order valence-corrected chi connectivity index (χ2v) is 9.05. The lowest BCUT2D eigenvalue weighted by Gasteiger charge is -2.21. The summed E-state index contributed by atoms with van der Waals surface area (Å²) in [7, 11) is 1.74. The van der Waals surface area contributed by atoms with Gasteiger partial charge in [0.25, 0.3) is 0 Å². The molecule has 1 unspecified atom stereocenters. The normalized spacial score (nSPS) is 15.7. The van der Waals surface area contributed by atoms with Crippen LogP contribution in [0.2, 0.25) is 0 Å². The molecule has 3 aromatic rings. The summed E-state index contributed by atoms with van der Waals surface area (Å²) in [6, 6.07) is 14.5. The van der Waals surface area contributed by atoms with E-state index in [1.54, 1.807) is 18.4 Å². The molecule has 1 atom stereocenters. The lowest BCUT2D eigenvalue weighted by molar-refractivity contribution is 0.184. The monoisotopic (exact) mass is 565 g/mol. The summed E-state index contributed by atoms with van der Waals surface area (Å²) >= 11 is 1.63. The first-order chi connectivity index (χ1) is 15.2. The van der Waals surface area contributed by atoms with Gasteiger partial charge >= 0.3 is 0 Å². The molecular weight excluding hydrogens is 533 g/mol. The molecule has 0 radical (unpaired) electrons. The summed E-state index contributed by atoms with van der Waals surface area (Å²) in [4.78, 5) is 12.3. The average Bonchev–Trinajstić information content (AvgIpc) is 3.06. The fourth-order valence-corrected chi connectivity index (χ4v) is 4.93. The summed E-state index contributed by atoms with van der Waals surface area (Å²) < 4.78 is 1.19. The molecule has 3 heterocycles. The van der Waals surface area contributed by atoms with E-state index < -0.39 is 6.10 Å². The number of fused-ring (bicyclic) bond motifs is 1. The van der Waals surface area contributed by atoms with Crippen molar-refractivity contribution < 1.29 is 5.11 Å². The molecule has 2 aromatic heterocycles. The molecule has 6 nitrogen and oxygen atoms in total. The Labute approximate surface area is 211 Å². The maximum absolute atomic E-state index is 10.6. The van der Waals surface area contributed by atoms with Crippen molar-refractivity contribution in [2.75, 3.05) is 31.6 Å². The molecule has 172 valence electrons. The number of hydrogen-bond donors (Lipinski definition) is 3. The molecule has 0 spiro atoms. The first-order valence-corrected chi connectivity index (χ1v) is 11.9. The third kappa shape index (κ3) is 6.55. The predicted octanol–water partition coefficient (Wildman–Crippen LogP) is 4.69. The summed E-state index contributed by atoms with van der Waals surface area (Å²) in [5, 5.41) is 18.3. The molecule has 1 aromatic carbocycles. The van der Waals surface area contributed by atoms with Gasteiger partial charge in [-0.3, -0.25) is 4.99 Å². The van der Waals surface area contributed by atoms with E-state index in [0.29, 0.717) is 19.0 Å². The number of nitrogens with zero attached hydrogens (tertiary/aromatic N) is 3. The van der Waals surface area contributed by atoms with Crippen LogP contribution in [0, 0.1) is 0 Å². The molecule has 0 amide bonds. The number of halogens is 1. The molecule has 3 N–H and O–H groups in total. The quantitative estimate of drug-likeness (QED) is 0.230. The fraction of sp³-hybridized carbons (Fsp3) is 0.417. The highest BCUT2D eigenvalue weighted by Crippen LogP contribution is 2.29. The van der Waals surface area contributed by atoms with Crippen molar-refractivity contribution in [2.45, 2.75) is 38.3 Å². The van der Waals surface area contributed by atoms with Gasteiger partial charge in [-0.25, -0.2) is 4.98 Å². The van der Waals surface area contributed by atoms with E-state index in [1.807, 2.05) is 18.3 Å². The van der Waals surface area contributed by atoms with Gasteiger partial charge in [-0.05, 0) is 42.0 Å². The third-order valence-corrected chi connectivity index (χ3v) is 6.88. The minimum atomic E-state index is -0.578. The van der Waals surface area contributed by atoms with Gasteiger partial charge in [-0.2, -0.15) is 0 Å². The van der Waals surface area contributed by atoms with E-state index in [2.05, 4.69) is 55.8 Å². The Morgan fingerprint density at radius 3 is 2.59 bits per heavy atom. The maximum Gasteiger partial charge on any atom is 0.191 e. The van der Waals surface area contributed by atoms with E-state index in [9.17, 15) is 5.11 Å². The van der Waals surface area contributed by atoms with Crippen molar-refractivity contribution >= 4 is 57.2 Å². The molecule has 1 saturated heterocycles. The number of aromatic nitrogens is 1. The number of rotatable bonds is 6. The van der Waals surface area contributed by atoms with Gasteiger partial charge in [0.05, 0.1) is 0 Å². The van der Waals surface area contributed by atoms with Crippen LogP contribution in [0.25, 0.3) is 10.1 Å². The van der Waals surface area contributed by atoms with Crippen molar-refractivity contribution in [1.29, 1.82) is 0 Å². The maximum atomic E-state index is 10.6. The SMILES string of the molecule is CN=C(NCc1ccc(N2CCCCCC2)nc1)NCC(O)c1cc2ccccc2s1.I. The van der Waals surface area contributed by atoms with E-state index in [1.165, 1.54) is 35.8 Å². The molecule has 1 aliphatic rings. The van der Waals surface area contributed by atoms with Crippen LogP contribution in [0.1, 0.15) is 42.2 Å². The zero-order chi connectivity index (χ0) is 21.5. The molecule has 0 saturated carbocycles. The molecular formula is C24H32IN5OS. The Kier molecular flexibility index (Phi) is 9.55. The predicted molar refractivity (Wildman–Crippen MR) is 145 cm³/mol. The zero-order valence-electron chi connectivity index (χ0n) is 18.5. The Morgan fingerprint density at radius 1 is 1.12 bits per heavy atom. The first-order valence-electron chi connectivity index (χ1n) is 11.0. The smallest absolute Gasteiger partial charge is 0.191 e. The van der Waals surface area contributed by atoms with Crippen LogP contribution in [-0.2, 0) is 6.54 Å². The van der Waals surface area contributed by atoms with E-state index >= 15 is 0 Å². The Bertz CT molecular complexity index is 966. The highest BCUT2D eigenvalue weighted by atomic mass is 127. The third-order valence-electron chi connectivity index (χ3n) is 5.66. The van der Waals surface area contributed by atoms with Gasteiger partial charge < -0.3 is 20.6 Å². The molecule has 1 fully saturated rings. The van der Waals surface area contributed by atoms with E-state index in [0.717, 1.165) is 29.3 Å². The zero-order valence-corrected chi connectivity index (χ0v) is 21.6. The summed E-state index contributed by atoms with van der Waals surface area (Å²) in [6.07, 6.45) is 6.50. The van der Waals surface area contributed by atoms with Crippen LogP contribution in [0.5, 0.6) is 0 Å². The number of anilines is 1. The number of guanidine groups is 1. The number of aliphatic hydroxyl groups excluding tert-OH is 1. The summed E-state index contributed by atoms with van der Waals surface area (Å²) in [5.41, 5.74) is 1.10. The van der Waals surface area contributed by atoms with Crippen molar-refractivity contribution in [2.24, 2.45) is 4.99 Å². The molecule has 1 aliphatic heterocycles. The van der Waals surface area contributed by atoms with Gasteiger partial charge in [0.1, 0.15) is 11.9 Å². The molecule has 32 heavy (non-hydrogen) atoms. The van der Waals surface area contributed by atoms with Gasteiger partial charge in [0.2, 0.25) is 0 Å². The van der Waals surface area contributed by atoms with E-state index in [4.69, 9.17) is 0 Å². The molecule has 0 bridgehead atoms. The molecule has 4 rings (SSSR count). The van der Waals surface area contributed by atoms with Crippen LogP contribution in [0.15, 0.2) is 53.7 Å². The van der Waals surface area contributed by atoms with Crippen molar-refractivity contribution in [3.63, 3.8) is 0 Å². The highest BCUT2D eigenvalue weighted by molar-refractivity contribution is 14.0. The molecule has 8 heteroatoms. The van der Waals surface area contributed by atoms with Crippen LogP contribution in [-0.4, -0.2) is 42.7 Å². The van der Waals surface area contributed by atoms with Gasteiger partial charge in [0, 0.05) is 49.0 Å². The van der Waals surface area contributed by atoms with Crippen LogP contribution < -0.4 is 15.5 Å². The van der Waals surface area contributed by atoms with Crippen molar-refractivity contribution in [1.82, 2.24) is 15.6 Å². The van der Waals surface area contributed by atoms with Gasteiger partial charge in [0.15, 0.2) is 5.96 Å². The second kappa shape index (κ2) is 12.4. The fourth-order valence-electron chi connectivity index (χ4n) is 3.88. The van der Waals surface area contributed by atoms with E-state index in [-0.39, 0.29) is 24.0 Å². The Morgan fingerprint density at radius 2 is 1.91 bits per heavy atom. The standard InChI is InChI=1S/C24H31N5OS.HI/c1-25-24(28-17-20(30)22-14-19-8-4-5-9-21(19)31-22)27-16-18-10-11-23(26-15-18)29-12-6-2-3-7-13-29;/h4-5,8-11,14-15,20,30H,2-3,6-7,12-13,16-17H2,1H3,(H2,25,27,28);1H. The lowest BCUT2D eigenvalue weighted by Crippen LogP contribution is -2.38. The van der Waals surface area contributed by atoms with Gasteiger partial charge in [-0.15, -0.1) is 35.3 Å². The van der Waals surface area contributed by atoms with Crippen molar-refractivity contribution in [3.8, 4) is 0 Å². The number of aliphatic imine (C=N–C) groups is 1. The lowest BCUT2D eigenvalue weighted by atomic mass is 10.2. The minimum absolute atomic E-state index is 0. The highest BCUT2D eigenvalue weighted by Gasteiger charge is 2.13. The summed E-state index contributed by atoms with van der Waals surface area (Å²) in [6.45, 7) is 3.23. The molecule has 0 aliphatic carbocycles. The minimum Gasteiger partial charge on any atom is -0.386 e. The van der Waals surface area contributed by atoms with Crippen LogP contribution in [0.3, 0.4) is 0 Å². The number of aliphatic hydroxyl groups is 1. The Hall–Kier alpha value is -1.91. The number of benzene rings is 1. The summed E-state index contributed by atoms with van der Waals surface area (Å²) in [5.74, 6) is 1.73. The number of pyridine rings is 1. The Balaban J connectivity index is 0.00000289.